The van der Waals surface area contributed by atoms with Gasteiger partial charge in [0.15, 0.2) is 0 Å². The van der Waals surface area contributed by atoms with Crippen molar-refractivity contribution in [2.45, 2.75) is 13.2 Å². The van der Waals surface area contributed by atoms with Gasteiger partial charge in [0.1, 0.15) is 12.4 Å². The van der Waals surface area contributed by atoms with Crippen molar-refractivity contribution in [3.63, 3.8) is 0 Å². The molecule has 0 atom stereocenters. The standard InChI is InChI=1S/C25H25N5O2/c31-25(32-18-19-5-2-1-3-6-19)30-13-11-29(12-14-30)17-20-8-9-22-23(15-20)28-24(27-22)21-7-4-10-26-16-21/h1-10,15-16H,11-14,17-18H2,(H,27,28). The molecule has 1 saturated heterocycles. The lowest BCUT2D eigenvalue weighted by Crippen LogP contribution is -2.48. The maximum atomic E-state index is 12.4. The van der Waals surface area contributed by atoms with Gasteiger partial charge in [0, 0.05) is 50.7 Å². The number of hydrogen-bond donors (Lipinski definition) is 1. The number of nitrogens with zero attached hydrogens (tertiary/aromatic N) is 4. The lowest BCUT2D eigenvalue weighted by Gasteiger charge is -2.34. The number of rotatable bonds is 5. The number of imidazole rings is 1. The third kappa shape index (κ3) is 4.63. The molecule has 162 valence electrons. The highest BCUT2D eigenvalue weighted by Crippen LogP contribution is 2.21. The molecule has 1 fully saturated rings. The van der Waals surface area contributed by atoms with Crippen molar-refractivity contribution in [3.05, 3.63) is 84.2 Å². The summed E-state index contributed by atoms with van der Waals surface area (Å²) in [6.45, 7) is 4.12. The summed E-state index contributed by atoms with van der Waals surface area (Å²) in [6, 6.07) is 20.0. The molecule has 1 aliphatic heterocycles. The first-order valence-electron chi connectivity index (χ1n) is 10.8. The Bertz CT molecular complexity index is 1180. The van der Waals surface area contributed by atoms with E-state index in [-0.39, 0.29) is 6.09 Å². The van der Waals surface area contributed by atoms with E-state index >= 15 is 0 Å². The van der Waals surface area contributed by atoms with Gasteiger partial charge in [-0.1, -0.05) is 36.4 Å². The van der Waals surface area contributed by atoms with Crippen LogP contribution in [0.2, 0.25) is 0 Å². The van der Waals surface area contributed by atoms with Gasteiger partial charge in [-0.15, -0.1) is 0 Å². The Balaban J connectivity index is 1.16. The van der Waals surface area contributed by atoms with E-state index in [1.165, 1.54) is 5.56 Å². The van der Waals surface area contributed by atoms with Gasteiger partial charge in [-0.05, 0) is 35.4 Å². The molecule has 0 bridgehead atoms. The zero-order valence-corrected chi connectivity index (χ0v) is 17.8. The van der Waals surface area contributed by atoms with Crippen LogP contribution in [0, 0.1) is 0 Å². The van der Waals surface area contributed by atoms with Crippen LogP contribution in [0.15, 0.2) is 73.1 Å². The molecule has 32 heavy (non-hydrogen) atoms. The van der Waals surface area contributed by atoms with Crippen LogP contribution in [0.4, 0.5) is 4.79 Å². The van der Waals surface area contributed by atoms with Crippen molar-refractivity contribution in [3.8, 4) is 11.4 Å². The van der Waals surface area contributed by atoms with Gasteiger partial charge in [-0.3, -0.25) is 9.88 Å². The van der Waals surface area contributed by atoms with Crippen LogP contribution in [0.5, 0.6) is 0 Å². The van der Waals surface area contributed by atoms with Crippen molar-refractivity contribution < 1.29 is 9.53 Å². The van der Waals surface area contributed by atoms with Gasteiger partial charge in [0.2, 0.25) is 0 Å². The van der Waals surface area contributed by atoms with Gasteiger partial charge in [-0.25, -0.2) is 9.78 Å². The quantitative estimate of drug-likeness (QED) is 0.520. The maximum absolute atomic E-state index is 12.4. The van der Waals surface area contributed by atoms with Crippen LogP contribution in [0.25, 0.3) is 22.4 Å². The number of aromatic amines is 1. The zero-order valence-electron chi connectivity index (χ0n) is 17.8. The van der Waals surface area contributed by atoms with Gasteiger partial charge in [0.05, 0.1) is 11.0 Å². The summed E-state index contributed by atoms with van der Waals surface area (Å²) >= 11 is 0. The third-order valence-corrected chi connectivity index (χ3v) is 5.72. The summed E-state index contributed by atoms with van der Waals surface area (Å²) in [4.78, 5) is 28.8. The molecule has 7 heteroatoms. The highest BCUT2D eigenvalue weighted by atomic mass is 16.6. The minimum atomic E-state index is -0.241. The van der Waals surface area contributed by atoms with Gasteiger partial charge < -0.3 is 14.6 Å². The van der Waals surface area contributed by atoms with Crippen molar-refractivity contribution >= 4 is 17.1 Å². The largest absolute Gasteiger partial charge is 0.445 e. The van der Waals surface area contributed by atoms with Gasteiger partial charge in [0.25, 0.3) is 0 Å². The molecule has 3 heterocycles. The van der Waals surface area contributed by atoms with Crippen molar-refractivity contribution in [2.24, 2.45) is 0 Å². The highest BCUT2D eigenvalue weighted by Gasteiger charge is 2.22. The van der Waals surface area contributed by atoms with Crippen LogP contribution in [0.3, 0.4) is 0 Å². The van der Waals surface area contributed by atoms with Crippen molar-refractivity contribution in [1.29, 1.82) is 0 Å². The summed E-state index contributed by atoms with van der Waals surface area (Å²) in [5.74, 6) is 0.827. The fourth-order valence-electron chi connectivity index (χ4n) is 3.95. The van der Waals surface area contributed by atoms with Crippen LogP contribution >= 0.6 is 0 Å². The molecule has 1 amide bonds. The SMILES string of the molecule is O=C(OCc1ccccc1)N1CCN(Cc2ccc3[nH]c(-c4cccnc4)nc3c2)CC1. The number of piperazine rings is 1. The maximum Gasteiger partial charge on any atom is 0.410 e. The van der Waals surface area contributed by atoms with E-state index < -0.39 is 0 Å². The average molecular weight is 428 g/mol. The number of pyridine rings is 1. The van der Waals surface area contributed by atoms with E-state index in [4.69, 9.17) is 9.72 Å². The predicted octanol–water partition coefficient (Wildman–Crippen LogP) is 4.08. The third-order valence-electron chi connectivity index (χ3n) is 5.72. The van der Waals surface area contributed by atoms with E-state index in [1.807, 2.05) is 48.7 Å². The number of carbonyl (C=O) groups excluding carboxylic acids is 1. The number of nitrogens with one attached hydrogen (secondary N) is 1. The number of benzene rings is 2. The second kappa shape index (κ2) is 9.20. The average Bonchev–Trinajstić information content (AvgIpc) is 3.28. The second-order valence-corrected chi connectivity index (χ2v) is 7.98. The minimum Gasteiger partial charge on any atom is -0.445 e. The first-order valence-corrected chi connectivity index (χ1v) is 10.8. The molecule has 0 saturated carbocycles. The molecule has 2 aromatic carbocycles. The Kier molecular flexibility index (Phi) is 5.81. The Morgan fingerprint density at radius 1 is 0.969 bits per heavy atom. The normalized spacial score (nSPS) is 14.6. The molecule has 5 rings (SSSR count). The lowest BCUT2D eigenvalue weighted by atomic mass is 10.1. The number of carbonyl (C=O) groups is 1. The van der Waals surface area contributed by atoms with Gasteiger partial charge >= 0.3 is 6.09 Å². The molecule has 1 N–H and O–H groups in total. The van der Waals surface area contributed by atoms with E-state index in [0.29, 0.717) is 19.7 Å². The number of ether oxygens (including phenoxy) is 1. The predicted molar refractivity (Wildman–Crippen MR) is 123 cm³/mol. The number of aromatic nitrogens is 3. The molecule has 4 aromatic rings. The molecule has 0 aliphatic carbocycles. The van der Waals surface area contributed by atoms with Crippen molar-refractivity contribution in [1.82, 2.24) is 24.8 Å². The van der Waals surface area contributed by atoms with E-state index in [2.05, 4.69) is 33.1 Å². The molecule has 0 spiro atoms. The van der Waals surface area contributed by atoms with Gasteiger partial charge in [-0.2, -0.15) is 0 Å². The summed E-state index contributed by atoms with van der Waals surface area (Å²) < 4.78 is 5.46. The molecular formula is C25H25N5O2. The monoisotopic (exact) mass is 427 g/mol. The zero-order chi connectivity index (χ0) is 21.8. The summed E-state index contributed by atoms with van der Waals surface area (Å²) in [6.07, 6.45) is 3.32. The number of amides is 1. The molecule has 1 aliphatic rings. The fraction of sp³-hybridized carbons (Fsp3) is 0.240. The molecular weight excluding hydrogens is 402 g/mol. The second-order valence-electron chi connectivity index (χ2n) is 7.98. The number of hydrogen-bond acceptors (Lipinski definition) is 5. The molecule has 7 nitrogen and oxygen atoms in total. The van der Waals surface area contributed by atoms with E-state index in [9.17, 15) is 4.79 Å². The van der Waals surface area contributed by atoms with Crippen LogP contribution in [-0.2, 0) is 17.9 Å². The van der Waals surface area contributed by atoms with E-state index in [1.54, 1.807) is 11.1 Å². The van der Waals surface area contributed by atoms with Crippen LogP contribution < -0.4 is 0 Å². The molecule has 0 radical (unpaired) electrons. The first-order chi connectivity index (χ1) is 15.7. The summed E-state index contributed by atoms with van der Waals surface area (Å²) in [5.41, 5.74) is 5.14. The number of fused-ring (bicyclic) bond motifs is 1. The molecule has 2 aromatic heterocycles. The summed E-state index contributed by atoms with van der Waals surface area (Å²) in [5, 5.41) is 0. The smallest absolute Gasteiger partial charge is 0.410 e. The van der Waals surface area contributed by atoms with E-state index in [0.717, 1.165) is 47.6 Å². The Labute approximate surface area is 186 Å². The topological polar surface area (TPSA) is 74.3 Å². The number of H-pyrrole nitrogens is 1. The Morgan fingerprint density at radius 3 is 2.59 bits per heavy atom. The fourth-order valence-corrected chi connectivity index (χ4v) is 3.95. The molecule has 0 unspecified atom stereocenters. The highest BCUT2D eigenvalue weighted by molar-refractivity contribution is 5.79. The summed E-state index contributed by atoms with van der Waals surface area (Å²) in [7, 11) is 0. The Hall–Kier alpha value is -3.71. The van der Waals surface area contributed by atoms with Crippen molar-refractivity contribution in [2.75, 3.05) is 26.2 Å². The van der Waals surface area contributed by atoms with Crippen LogP contribution in [-0.4, -0.2) is 57.0 Å². The lowest BCUT2D eigenvalue weighted by molar-refractivity contribution is 0.0700. The van der Waals surface area contributed by atoms with Crippen LogP contribution in [0.1, 0.15) is 11.1 Å². The minimum absolute atomic E-state index is 0.241. The Morgan fingerprint density at radius 2 is 1.81 bits per heavy atom. The first kappa shape index (κ1) is 20.2.